The average molecular weight is 450 g/mol. The third-order valence-corrected chi connectivity index (χ3v) is 4.49. The van der Waals surface area contributed by atoms with Gasteiger partial charge in [0.15, 0.2) is 6.10 Å². The van der Waals surface area contributed by atoms with Gasteiger partial charge in [-0.15, -0.1) is 5.10 Å². The summed E-state index contributed by atoms with van der Waals surface area (Å²) >= 11 is 11.7. The fourth-order valence-corrected chi connectivity index (χ4v) is 2.98. The molecule has 0 aliphatic rings. The number of aliphatic hydroxyl groups is 1. The van der Waals surface area contributed by atoms with Crippen LogP contribution >= 0.6 is 23.2 Å². The van der Waals surface area contributed by atoms with Crippen LogP contribution in [0.25, 0.3) is 11.1 Å². The number of rotatable bonds is 8. The summed E-state index contributed by atoms with van der Waals surface area (Å²) in [4.78, 5) is 27.0. The molecule has 1 unspecified atom stereocenters. The lowest BCUT2D eigenvalue weighted by Gasteiger charge is -2.24. The Labute approximate surface area is 181 Å². The number of aliphatic hydroxyl groups excluding tert-OH is 1. The number of nitrogens with zero attached hydrogens (tertiary/aromatic N) is 3. The Kier molecular flexibility index (Phi) is 7.01. The molecule has 0 saturated carbocycles. The smallest absolute Gasteiger partial charge is 0.333 e. The number of hydrazine groups is 1. The van der Waals surface area contributed by atoms with E-state index in [9.17, 15) is 14.7 Å². The highest BCUT2D eigenvalue weighted by Gasteiger charge is 2.22. The summed E-state index contributed by atoms with van der Waals surface area (Å²) in [5, 5.41) is 26.5. The molecule has 1 heterocycles. The molecule has 0 fully saturated rings. The Morgan fingerprint density at radius 1 is 1.13 bits per heavy atom. The summed E-state index contributed by atoms with van der Waals surface area (Å²) in [5.74, 6) is -2.33. The summed E-state index contributed by atoms with van der Waals surface area (Å²) < 4.78 is 0. The van der Waals surface area contributed by atoms with Crippen LogP contribution in [0.2, 0.25) is 10.3 Å². The molecule has 156 valence electrons. The second-order valence-electron chi connectivity index (χ2n) is 6.33. The quantitative estimate of drug-likeness (QED) is 0.388. The van der Waals surface area contributed by atoms with Crippen LogP contribution in [0.3, 0.4) is 0 Å². The van der Waals surface area contributed by atoms with Crippen molar-refractivity contribution in [2.45, 2.75) is 12.6 Å². The van der Waals surface area contributed by atoms with E-state index < -0.39 is 18.0 Å². The van der Waals surface area contributed by atoms with Gasteiger partial charge in [-0.05, 0) is 40.4 Å². The molecule has 0 aliphatic heterocycles. The standard InChI is InChI=1S/C19H17Cl2N5O4/c20-14-3-1-2-13(8-14)12-6-4-11(5-7-12)9-26(10-15(27)18(29)30)25-17(28)16-22-19(21)24-23-16/h1-8,15,27H,9-10H2,(H,25,28)(H,29,30)(H,22,23,24). The number of hydrogen-bond acceptors (Lipinski definition) is 6. The van der Waals surface area contributed by atoms with Crippen molar-refractivity contribution >= 4 is 35.1 Å². The Balaban J connectivity index is 1.74. The number of hydrogen-bond donors (Lipinski definition) is 4. The largest absolute Gasteiger partial charge is 0.479 e. The average Bonchev–Trinajstić information content (AvgIpc) is 3.15. The van der Waals surface area contributed by atoms with Crippen molar-refractivity contribution in [3.05, 3.63) is 70.2 Å². The van der Waals surface area contributed by atoms with Gasteiger partial charge in [0, 0.05) is 11.6 Å². The summed E-state index contributed by atoms with van der Waals surface area (Å²) in [6.07, 6.45) is -1.70. The molecule has 0 radical (unpaired) electrons. The van der Waals surface area contributed by atoms with Gasteiger partial charge < -0.3 is 10.2 Å². The zero-order chi connectivity index (χ0) is 21.7. The number of nitrogens with one attached hydrogen (secondary N) is 2. The van der Waals surface area contributed by atoms with Gasteiger partial charge in [0.25, 0.3) is 0 Å². The first-order chi connectivity index (χ1) is 14.3. The first kappa shape index (κ1) is 21.7. The molecule has 3 aromatic rings. The fraction of sp³-hybridized carbons (Fsp3) is 0.158. The van der Waals surface area contributed by atoms with Gasteiger partial charge in [-0.1, -0.05) is 48.0 Å². The molecular formula is C19H17Cl2N5O4. The van der Waals surface area contributed by atoms with Crippen molar-refractivity contribution in [2.75, 3.05) is 6.54 Å². The highest BCUT2D eigenvalue weighted by atomic mass is 35.5. The third kappa shape index (κ3) is 5.77. The van der Waals surface area contributed by atoms with Gasteiger partial charge in [-0.3, -0.25) is 10.2 Å². The van der Waals surface area contributed by atoms with Gasteiger partial charge in [0.05, 0.1) is 6.54 Å². The molecule has 1 atom stereocenters. The number of carboxylic acids is 1. The van der Waals surface area contributed by atoms with Gasteiger partial charge in [0.2, 0.25) is 11.1 Å². The molecule has 2 aromatic carbocycles. The van der Waals surface area contributed by atoms with Crippen LogP contribution in [-0.2, 0) is 11.3 Å². The molecule has 1 aromatic heterocycles. The highest BCUT2D eigenvalue weighted by Crippen LogP contribution is 2.23. The summed E-state index contributed by atoms with van der Waals surface area (Å²) in [6, 6.07) is 14.8. The number of carboxylic acid groups (broad SMARTS) is 1. The van der Waals surface area contributed by atoms with Crippen LogP contribution in [0, 0.1) is 0 Å². The third-order valence-electron chi connectivity index (χ3n) is 4.08. The Hall–Kier alpha value is -2.98. The first-order valence-corrected chi connectivity index (χ1v) is 9.47. The lowest BCUT2D eigenvalue weighted by atomic mass is 10.0. The molecule has 9 nitrogen and oxygen atoms in total. The number of benzene rings is 2. The van der Waals surface area contributed by atoms with E-state index in [-0.39, 0.29) is 24.2 Å². The lowest BCUT2D eigenvalue weighted by Crippen LogP contribution is -2.47. The van der Waals surface area contributed by atoms with Crippen LogP contribution in [0.5, 0.6) is 0 Å². The second-order valence-corrected chi connectivity index (χ2v) is 7.13. The molecule has 0 aliphatic carbocycles. The minimum Gasteiger partial charge on any atom is -0.479 e. The number of aliphatic carboxylic acids is 1. The summed E-state index contributed by atoms with van der Waals surface area (Å²) in [5.41, 5.74) is 5.14. The van der Waals surface area contributed by atoms with E-state index in [1.807, 2.05) is 42.5 Å². The molecule has 30 heavy (non-hydrogen) atoms. The molecule has 0 saturated heterocycles. The molecule has 1 amide bonds. The van der Waals surface area contributed by atoms with E-state index in [0.29, 0.717) is 5.02 Å². The van der Waals surface area contributed by atoms with Gasteiger partial charge in [0.1, 0.15) is 0 Å². The molecule has 0 bridgehead atoms. The van der Waals surface area contributed by atoms with Gasteiger partial charge in [-0.2, -0.15) is 4.98 Å². The number of halogens is 2. The Bertz CT molecular complexity index is 1040. The highest BCUT2D eigenvalue weighted by molar-refractivity contribution is 6.30. The van der Waals surface area contributed by atoms with Crippen molar-refractivity contribution in [2.24, 2.45) is 0 Å². The second kappa shape index (κ2) is 9.68. The molecule has 4 N–H and O–H groups in total. The number of amides is 1. The van der Waals surface area contributed by atoms with Crippen molar-refractivity contribution in [1.82, 2.24) is 25.6 Å². The van der Waals surface area contributed by atoms with E-state index in [1.54, 1.807) is 6.07 Å². The summed E-state index contributed by atoms with van der Waals surface area (Å²) in [7, 11) is 0. The van der Waals surface area contributed by atoms with E-state index in [0.717, 1.165) is 16.7 Å². The lowest BCUT2D eigenvalue weighted by molar-refractivity contribution is -0.148. The number of aromatic amines is 1. The predicted molar refractivity (Wildman–Crippen MR) is 110 cm³/mol. The molecule has 3 rings (SSSR count). The SMILES string of the molecule is O=C(NN(Cc1ccc(-c2cccc(Cl)c2)cc1)CC(O)C(=O)O)c1n[nH]c(Cl)n1. The molecule has 11 heteroatoms. The number of H-pyrrole nitrogens is 1. The van der Waals surface area contributed by atoms with E-state index in [1.165, 1.54) is 5.01 Å². The topological polar surface area (TPSA) is 131 Å². The van der Waals surface area contributed by atoms with Crippen LogP contribution in [0.15, 0.2) is 48.5 Å². The zero-order valence-corrected chi connectivity index (χ0v) is 16.9. The zero-order valence-electron chi connectivity index (χ0n) is 15.4. The normalized spacial score (nSPS) is 12.0. The number of aromatic nitrogens is 3. The maximum atomic E-state index is 12.3. The molecular weight excluding hydrogens is 433 g/mol. The van der Waals surface area contributed by atoms with Crippen molar-refractivity contribution in [3.63, 3.8) is 0 Å². The van der Waals surface area contributed by atoms with Crippen molar-refractivity contribution in [1.29, 1.82) is 0 Å². The van der Waals surface area contributed by atoms with E-state index in [4.69, 9.17) is 28.3 Å². The van der Waals surface area contributed by atoms with Crippen molar-refractivity contribution < 1.29 is 19.8 Å². The van der Waals surface area contributed by atoms with Crippen molar-refractivity contribution in [3.8, 4) is 11.1 Å². The number of carbonyl (C=O) groups excluding carboxylic acids is 1. The Morgan fingerprint density at radius 3 is 2.47 bits per heavy atom. The Morgan fingerprint density at radius 2 is 1.87 bits per heavy atom. The van der Waals surface area contributed by atoms with Crippen LogP contribution in [-0.4, -0.2) is 54.9 Å². The maximum Gasteiger partial charge on any atom is 0.333 e. The minimum atomic E-state index is -1.70. The molecule has 0 spiro atoms. The van der Waals surface area contributed by atoms with Crippen LogP contribution < -0.4 is 5.43 Å². The van der Waals surface area contributed by atoms with E-state index >= 15 is 0 Å². The van der Waals surface area contributed by atoms with Gasteiger partial charge >= 0.3 is 11.9 Å². The minimum absolute atomic E-state index is 0.0612. The number of carbonyl (C=O) groups is 2. The maximum absolute atomic E-state index is 12.3. The van der Waals surface area contributed by atoms with Crippen LogP contribution in [0.4, 0.5) is 0 Å². The monoisotopic (exact) mass is 449 g/mol. The van der Waals surface area contributed by atoms with Gasteiger partial charge in [-0.25, -0.2) is 14.9 Å². The predicted octanol–water partition coefficient (Wildman–Crippen LogP) is 2.37. The van der Waals surface area contributed by atoms with E-state index in [2.05, 4.69) is 20.6 Å². The fourth-order valence-electron chi connectivity index (χ4n) is 2.66. The first-order valence-electron chi connectivity index (χ1n) is 8.71. The summed E-state index contributed by atoms with van der Waals surface area (Å²) in [6.45, 7) is -0.223. The van der Waals surface area contributed by atoms with Crippen LogP contribution in [0.1, 0.15) is 16.2 Å².